The second-order valence-electron chi connectivity index (χ2n) is 7.82. The summed E-state index contributed by atoms with van der Waals surface area (Å²) < 4.78 is 17.2. The van der Waals surface area contributed by atoms with Crippen molar-refractivity contribution in [3.63, 3.8) is 0 Å². The van der Waals surface area contributed by atoms with Gasteiger partial charge in [0.05, 0.1) is 47.5 Å². The third kappa shape index (κ3) is 3.98. The molecule has 1 aliphatic heterocycles. The number of methoxy groups -OCH3 is 2. The number of aliphatic hydroxyl groups is 1. The fourth-order valence-corrected chi connectivity index (χ4v) is 5.86. The third-order valence-corrected chi connectivity index (χ3v) is 7.67. The molecule has 0 saturated heterocycles. The molecule has 0 fully saturated rings. The van der Waals surface area contributed by atoms with Gasteiger partial charge in [-0.3, -0.25) is 14.5 Å². The molecule has 10 heteroatoms. The number of benzene rings is 2. The lowest BCUT2D eigenvalue weighted by Gasteiger charge is -2.25. The van der Waals surface area contributed by atoms with E-state index in [-0.39, 0.29) is 5.57 Å². The zero-order chi connectivity index (χ0) is 25.4. The number of hydrogen-bond acceptors (Lipinski definition) is 9. The first-order valence-corrected chi connectivity index (χ1v) is 12.8. The number of carbonyl (C=O) groups is 2. The van der Waals surface area contributed by atoms with Crippen LogP contribution in [0.3, 0.4) is 0 Å². The molecule has 0 saturated carbocycles. The van der Waals surface area contributed by atoms with Crippen LogP contribution in [0.15, 0.2) is 65.2 Å². The number of amides is 1. The van der Waals surface area contributed by atoms with E-state index in [2.05, 4.69) is 4.98 Å². The SMILES string of the molecule is CCOc1ccc2nc(N3C(=O)C(O)=C(C(=O)c4cccs4)[C@H]3c3ccc(OC)c(OC)c3)sc2c1. The van der Waals surface area contributed by atoms with Gasteiger partial charge < -0.3 is 19.3 Å². The number of anilines is 1. The van der Waals surface area contributed by atoms with Crippen molar-refractivity contribution < 1.29 is 28.9 Å². The van der Waals surface area contributed by atoms with Crippen molar-refractivity contribution in [1.82, 2.24) is 4.98 Å². The number of thiophene rings is 1. The molecule has 0 unspecified atom stereocenters. The van der Waals surface area contributed by atoms with Crippen LogP contribution in [0.4, 0.5) is 5.13 Å². The fourth-order valence-electron chi connectivity index (χ4n) is 4.17. The summed E-state index contributed by atoms with van der Waals surface area (Å²) in [6.07, 6.45) is 0. The largest absolute Gasteiger partial charge is 0.503 e. The highest BCUT2D eigenvalue weighted by molar-refractivity contribution is 7.22. The predicted molar refractivity (Wildman–Crippen MR) is 139 cm³/mol. The number of hydrogen-bond donors (Lipinski definition) is 1. The van der Waals surface area contributed by atoms with Crippen molar-refractivity contribution in [2.24, 2.45) is 0 Å². The van der Waals surface area contributed by atoms with Crippen LogP contribution in [-0.2, 0) is 4.79 Å². The summed E-state index contributed by atoms with van der Waals surface area (Å²) in [7, 11) is 3.03. The summed E-state index contributed by atoms with van der Waals surface area (Å²) in [5.74, 6) is -0.0831. The summed E-state index contributed by atoms with van der Waals surface area (Å²) in [6, 6.07) is 13.1. The molecule has 2 aromatic carbocycles. The number of nitrogens with zero attached hydrogens (tertiary/aromatic N) is 2. The van der Waals surface area contributed by atoms with Gasteiger partial charge in [-0.15, -0.1) is 11.3 Å². The van der Waals surface area contributed by atoms with E-state index in [0.29, 0.717) is 44.9 Å². The zero-order valence-electron chi connectivity index (χ0n) is 19.7. The third-order valence-electron chi connectivity index (χ3n) is 5.79. The highest BCUT2D eigenvalue weighted by atomic mass is 32.1. The summed E-state index contributed by atoms with van der Waals surface area (Å²) in [5, 5.41) is 13.1. The van der Waals surface area contributed by atoms with E-state index < -0.39 is 23.5 Å². The maximum Gasteiger partial charge on any atom is 0.296 e. The van der Waals surface area contributed by atoms with E-state index >= 15 is 0 Å². The number of Topliss-reactive ketones (excluding diaryl/α,β-unsaturated/α-hetero) is 1. The van der Waals surface area contributed by atoms with Gasteiger partial charge in [-0.25, -0.2) is 4.98 Å². The van der Waals surface area contributed by atoms with Crippen molar-refractivity contribution in [2.45, 2.75) is 13.0 Å². The Morgan fingerprint density at radius 2 is 1.92 bits per heavy atom. The lowest BCUT2D eigenvalue weighted by atomic mass is 9.95. The standard InChI is InChI=1S/C26H22N2O6S2/c1-4-34-15-8-9-16-20(13-15)36-26(27-16)28-22(14-7-10-17(32-2)18(12-14)33-3)21(24(30)25(28)31)23(29)19-6-5-11-35-19/h5-13,22,30H,4H2,1-3H3/t22-/m1/s1. The van der Waals surface area contributed by atoms with Crippen LogP contribution in [0.25, 0.3) is 10.2 Å². The minimum Gasteiger partial charge on any atom is -0.503 e. The Bertz CT molecular complexity index is 1490. The molecule has 0 radical (unpaired) electrons. The van der Waals surface area contributed by atoms with Crippen LogP contribution in [0, 0.1) is 0 Å². The normalized spacial score (nSPS) is 15.6. The second kappa shape index (κ2) is 9.63. The van der Waals surface area contributed by atoms with Gasteiger partial charge in [0.15, 0.2) is 22.4 Å². The van der Waals surface area contributed by atoms with Gasteiger partial charge in [-0.1, -0.05) is 23.5 Å². The Balaban J connectivity index is 1.67. The molecule has 4 aromatic rings. The zero-order valence-corrected chi connectivity index (χ0v) is 21.3. The average Bonchev–Trinajstić information content (AvgIpc) is 3.62. The van der Waals surface area contributed by atoms with E-state index in [1.165, 1.54) is 41.8 Å². The summed E-state index contributed by atoms with van der Waals surface area (Å²) in [5.41, 5.74) is 1.23. The number of rotatable bonds is 8. The van der Waals surface area contributed by atoms with Crippen LogP contribution < -0.4 is 19.1 Å². The lowest BCUT2D eigenvalue weighted by molar-refractivity contribution is -0.117. The smallest absolute Gasteiger partial charge is 0.296 e. The van der Waals surface area contributed by atoms with Crippen molar-refractivity contribution in [2.75, 3.05) is 25.7 Å². The molecule has 2 aromatic heterocycles. The molecule has 5 rings (SSSR count). The summed E-state index contributed by atoms with van der Waals surface area (Å²) in [6.45, 7) is 2.43. The molecular weight excluding hydrogens is 500 g/mol. The number of ketones is 1. The van der Waals surface area contributed by atoms with Gasteiger partial charge in [-0.05, 0) is 54.3 Å². The second-order valence-corrected chi connectivity index (χ2v) is 9.78. The Hall–Kier alpha value is -3.89. The van der Waals surface area contributed by atoms with Crippen LogP contribution in [0.5, 0.6) is 17.2 Å². The van der Waals surface area contributed by atoms with E-state index in [0.717, 1.165) is 4.70 Å². The number of thiazole rings is 1. The highest BCUT2D eigenvalue weighted by Crippen LogP contribution is 2.46. The van der Waals surface area contributed by atoms with Crippen LogP contribution in [0.1, 0.15) is 28.2 Å². The van der Waals surface area contributed by atoms with Crippen LogP contribution in [-0.4, -0.2) is 42.6 Å². The highest BCUT2D eigenvalue weighted by Gasteiger charge is 2.46. The number of ether oxygens (including phenoxy) is 3. The Kier molecular flexibility index (Phi) is 6.38. The molecule has 1 N–H and O–H groups in total. The lowest BCUT2D eigenvalue weighted by Crippen LogP contribution is -2.31. The Morgan fingerprint density at radius 1 is 1.11 bits per heavy atom. The van der Waals surface area contributed by atoms with Gasteiger partial charge in [0.1, 0.15) is 5.75 Å². The monoisotopic (exact) mass is 522 g/mol. The predicted octanol–water partition coefficient (Wildman–Crippen LogP) is 5.56. The van der Waals surface area contributed by atoms with Crippen molar-refractivity contribution >= 4 is 49.7 Å². The van der Waals surface area contributed by atoms with Crippen LogP contribution in [0.2, 0.25) is 0 Å². The van der Waals surface area contributed by atoms with Gasteiger partial charge >= 0.3 is 0 Å². The van der Waals surface area contributed by atoms with Crippen LogP contribution >= 0.6 is 22.7 Å². The molecular formula is C26H22N2O6S2. The minimum absolute atomic E-state index is 0.0102. The Labute approximate surface area is 215 Å². The first-order valence-electron chi connectivity index (χ1n) is 11.1. The van der Waals surface area contributed by atoms with E-state index in [1.807, 2.05) is 25.1 Å². The first-order chi connectivity index (χ1) is 17.5. The minimum atomic E-state index is -0.918. The van der Waals surface area contributed by atoms with Crippen molar-refractivity contribution in [3.8, 4) is 17.2 Å². The molecule has 0 bridgehead atoms. The number of carbonyl (C=O) groups excluding carboxylic acids is 2. The molecule has 0 aliphatic carbocycles. The molecule has 36 heavy (non-hydrogen) atoms. The average molecular weight is 523 g/mol. The van der Waals surface area contributed by atoms with Gasteiger partial charge in [0.25, 0.3) is 5.91 Å². The molecule has 1 atom stereocenters. The van der Waals surface area contributed by atoms with E-state index in [4.69, 9.17) is 14.2 Å². The summed E-state index contributed by atoms with van der Waals surface area (Å²) >= 11 is 2.52. The van der Waals surface area contributed by atoms with Gasteiger partial charge in [0.2, 0.25) is 5.78 Å². The van der Waals surface area contributed by atoms with E-state index in [1.54, 1.807) is 35.7 Å². The van der Waals surface area contributed by atoms with Gasteiger partial charge in [0, 0.05) is 0 Å². The number of aliphatic hydroxyl groups excluding tert-OH is 1. The molecule has 1 aliphatic rings. The van der Waals surface area contributed by atoms with Crippen molar-refractivity contribution in [1.29, 1.82) is 0 Å². The molecule has 3 heterocycles. The Morgan fingerprint density at radius 3 is 2.61 bits per heavy atom. The molecule has 184 valence electrons. The van der Waals surface area contributed by atoms with Crippen molar-refractivity contribution in [3.05, 3.63) is 75.7 Å². The topological polar surface area (TPSA) is 98.2 Å². The number of aromatic nitrogens is 1. The maximum absolute atomic E-state index is 13.5. The quantitative estimate of drug-likeness (QED) is 0.303. The first kappa shape index (κ1) is 23.8. The fraction of sp³-hybridized carbons (Fsp3) is 0.192. The van der Waals surface area contributed by atoms with E-state index in [9.17, 15) is 14.7 Å². The van der Waals surface area contributed by atoms with Gasteiger partial charge in [-0.2, -0.15) is 0 Å². The molecule has 8 nitrogen and oxygen atoms in total. The number of fused-ring (bicyclic) bond motifs is 1. The molecule has 0 spiro atoms. The summed E-state index contributed by atoms with van der Waals surface area (Å²) in [4.78, 5) is 33.4. The maximum atomic E-state index is 13.5. The molecule has 1 amide bonds.